The number of halogens is 3. The van der Waals surface area contributed by atoms with E-state index in [4.69, 9.17) is 9.53 Å². The number of alkyl halides is 2. The molecular formula is C26H33F3N2O4. The molecule has 0 radical (unpaired) electrons. The fourth-order valence-corrected chi connectivity index (χ4v) is 4.88. The quantitative estimate of drug-likeness (QED) is 0.496. The molecule has 2 aromatic rings. The largest absolute Gasteiger partial charge is 0.462 e. The number of cyclic esters (lactones) is 1. The molecule has 0 aromatic heterocycles. The molecule has 4 rings (SSSR count). The number of carbonyl (C=O) groups excluding carboxylic acids is 2. The van der Waals surface area contributed by atoms with Gasteiger partial charge in [-0.15, -0.1) is 0 Å². The highest BCUT2D eigenvalue weighted by Gasteiger charge is 2.46. The summed E-state index contributed by atoms with van der Waals surface area (Å²) in [7, 11) is 0. The van der Waals surface area contributed by atoms with E-state index in [1.807, 2.05) is 0 Å². The molecule has 0 amide bonds. The first-order valence-electron chi connectivity index (χ1n) is 12.1. The van der Waals surface area contributed by atoms with Gasteiger partial charge in [0.15, 0.2) is 0 Å². The normalized spacial score (nSPS) is 19.9. The lowest BCUT2D eigenvalue weighted by atomic mass is 9.79. The number of nitrogens with zero attached hydrogens (tertiary/aromatic N) is 2. The number of ether oxygens (including phenoxy) is 1. The van der Waals surface area contributed by atoms with Gasteiger partial charge in [-0.05, 0) is 30.7 Å². The van der Waals surface area contributed by atoms with Crippen molar-refractivity contribution in [3.8, 4) is 0 Å². The van der Waals surface area contributed by atoms with Crippen molar-refractivity contribution >= 4 is 28.4 Å². The first kappa shape index (κ1) is 26.8. The molecule has 2 fully saturated rings. The van der Waals surface area contributed by atoms with E-state index in [1.54, 1.807) is 0 Å². The van der Waals surface area contributed by atoms with Crippen molar-refractivity contribution in [1.82, 2.24) is 4.90 Å². The maximum absolute atomic E-state index is 12.3. The maximum atomic E-state index is 12.3. The Kier molecular flexibility index (Phi) is 9.37. The van der Waals surface area contributed by atoms with Crippen molar-refractivity contribution in [2.75, 3.05) is 37.6 Å². The summed E-state index contributed by atoms with van der Waals surface area (Å²) in [6.07, 6.45) is 0.371. The SMILES string of the molecule is CCC1(CC)CC(CCN2CCN(c3cccc4ccccc34)CC2)OC1=O.O=C(OF)C(F)F. The molecule has 2 aliphatic rings. The summed E-state index contributed by atoms with van der Waals surface area (Å²) in [6.45, 7) is 9.47. The van der Waals surface area contributed by atoms with Crippen LogP contribution in [0.5, 0.6) is 0 Å². The average Bonchev–Trinajstić information content (AvgIpc) is 3.22. The van der Waals surface area contributed by atoms with Crippen LogP contribution in [-0.2, 0) is 19.3 Å². The molecule has 0 saturated carbocycles. The molecule has 0 N–H and O–H groups in total. The molecule has 2 aromatic carbocycles. The minimum atomic E-state index is -3.37. The van der Waals surface area contributed by atoms with Crippen molar-refractivity contribution in [2.45, 2.75) is 52.1 Å². The smallest absolute Gasteiger partial charge is 0.414 e. The molecular weight excluding hydrogens is 461 g/mol. The number of hydrogen-bond acceptors (Lipinski definition) is 6. The van der Waals surface area contributed by atoms with Gasteiger partial charge >= 0.3 is 18.4 Å². The molecule has 192 valence electrons. The highest BCUT2D eigenvalue weighted by Crippen LogP contribution is 2.41. The van der Waals surface area contributed by atoms with Gasteiger partial charge in [0.2, 0.25) is 0 Å². The van der Waals surface area contributed by atoms with Gasteiger partial charge in [0.1, 0.15) is 6.10 Å². The van der Waals surface area contributed by atoms with Gasteiger partial charge in [0.25, 0.3) is 0 Å². The van der Waals surface area contributed by atoms with Crippen molar-refractivity contribution < 1.29 is 32.6 Å². The minimum absolute atomic E-state index is 0.0308. The zero-order valence-electron chi connectivity index (χ0n) is 20.2. The number of carbonyl (C=O) groups is 2. The van der Waals surface area contributed by atoms with Crippen LogP contribution in [0.15, 0.2) is 42.5 Å². The van der Waals surface area contributed by atoms with Gasteiger partial charge in [0, 0.05) is 54.7 Å². The van der Waals surface area contributed by atoms with Crippen LogP contribution in [0.2, 0.25) is 0 Å². The monoisotopic (exact) mass is 494 g/mol. The third-order valence-electron chi connectivity index (χ3n) is 7.18. The molecule has 2 saturated heterocycles. The standard InChI is InChI=1S/C24H32N2O2.C2HF3O2/c1-3-24(4-2)18-20(28-23(24)27)12-13-25-14-16-26(17-15-25)22-11-7-9-19-8-5-6-10-21(19)22;3-1(4)2(6)7-5/h5-11,20H,3-4,12-18H2,1-2H3;1H. The molecule has 6 nitrogen and oxygen atoms in total. The Morgan fingerprint density at radius 3 is 2.31 bits per heavy atom. The topological polar surface area (TPSA) is 59.1 Å². The molecule has 2 aliphatic heterocycles. The first-order valence-corrected chi connectivity index (χ1v) is 12.1. The lowest BCUT2D eigenvalue weighted by Crippen LogP contribution is -2.47. The number of piperazine rings is 1. The Bertz CT molecular complexity index is 986. The van der Waals surface area contributed by atoms with Crippen LogP contribution in [0, 0.1) is 5.41 Å². The van der Waals surface area contributed by atoms with Crippen LogP contribution in [0.1, 0.15) is 39.5 Å². The van der Waals surface area contributed by atoms with E-state index in [1.165, 1.54) is 16.5 Å². The Labute approximate surface area is 203 Å². The third-order valence-corrected chi connectivity index (χ3v) is 7.18. The predicted octanol–water partition coefficient (Wildman–Crippen LogP) is 5.15. The molecule has 1 unspecified atom stereocenters. The van der Waals surface area contributed by atoms with Gasteiger partial charge in [-0.2, -0.15) is 8.78 Å². The van der Waals surface area contributed by atoms with Gasteiger partial charge in [-0.1, -0.05) is 50.2 Å². The van der Waals surface area contributed by atoms with Crippen molar-refractivity contribution in [1.29, 1.82) is 0 Å². The third kappa shape index (κ3) is 6.45. The minimum Gasteiger partial charge on any atom is -0.462 e. The molecule has 9 heteroatoms. The zero-order valence-corrected chi connectivity index (χ0v) is 20.2. The molecule has 0 bridgehead atoms. The summed E-state index contributed by atoms with van der Waals surface area (Å²) in [5, 5.41) is 2.65. The van der Waals surface area contributed by atoms with Crippen LogP contribution in [0.3, 0.4) is 0 Å². The lowest BCUT2D eigenvalue weighted by Gasteiger charge is -2.37. The molecule has 2 heterocycles. The first-order chi connectivity index (χ1) is 16.8. The summed E-state index contributed by atoms with van der Waals surface area (Å²) in [5.41, 5.74) is 1.12. The average molecular weight is 495 g/mol. The zero-order chi connectivity index (χ0) is 25.4. The Hall–Kier alpha value is -2.81. The highest BCUT2D eigenvalue weighted by atomic mass is 19.3. The second-order valence-corrected chi connectivity index (χ2v) is 9.03. The van der Waals surface area contributed by atoms with Crippen LogP contribution in [-0.4, -0.2) is 62.1 Å². The van der Waals surface area contributed by atoms with E-state index in [0.717, 1.165) is 58.4 Å². The van der Waals surface area contributed by atoms with E-state index < -0.39 is 12.4 Å². The number of benzene rings is 2. The van der Waals surface area contributed by atoms with E-state index in [-0.39, 0.29) is 17.5 Å². The number of rotatable bonds is 7. The van der Waals surface area contributed by atoms with Crippen LogP contribution >= 0.6 is 0 Å². The number of esters is 1. The second-order valence-electron chi connectivity index (χ2n) is 9.03. The fourth-order valence-electron chi connectivity index (χ4n) is 4.88. The van der Waals surface area contributed by atoms with Crippen LogP contribution in [0.4, 0.5) is 19.0 Å². The molecule has 0 aliphatic carbocycles. The lowest BCUT2D eigenvalue weighted by molar-refractivity contribution is -0.196. The summed E-state index contributed by atoms with van der Waals surface area (Å²) in [6, 6.07) is 15.2. The Balaban J connectivity index is 0.000000429. The number of fused-ring (bicyclic) bond motifs is 1. The van der Waals surface area contributed by atoms with Gasteiger partial charge < -0.3 is 9.64 Å². The van der Waals surface area contributed by atoms with Crippen LogP contribution in [0.25, 0.3) is 10.8 Å². The molecule has 35 heavy (non-hydrogen) atoms. The number of hydrogen-bond donors (Lipinski definition) is 0. The van der Waals surface area contributed by atoms with Gasteiger partial charge in [-0.3, -0.25) is 9.69 Å². The van der Waals surface area contributed by atoms with E-state index in [2.05, 4.69) is 71.1 Å². The maximum Gasteiger partial charge on any atom is 0.414 e. The summed E-state index contributed by atoms with van der Waals surface area (Å²) in [4.78, 5) is 28.6. The summed E-state index contributed by atoms with van der Waals surface area (Å²) >= 11 is 0. The van der Waals surface area contributed by atoms with Crippen molar-refractivity contribution in [2.24, 2.45) is 5.41 Å². The van der Waals surface area contributed by atoms with Crippen molar-refractivity contribution in [3.05, 3.63) is 42.5 Å². The van der Waals surface area contributed by atoms with E-state index in [0.29, 0.717) is 0 Å². The second kappa shape index (κ2) is 12.2. The fraction of sp³-hybridized carbons (Fsp3) is 0.538. The summed E-state index contributed by atoms with van der Waals surface area (Å²) < 4.78 is 37.4. The van der Waals surface area contributed by atoms with E-state index in [9.17, 15) is 18.1 Å². The van der Waals surface area contributed by atoms with Crippen molar-refractivity contribution in [3.63, 3.8) is 0 Å². The predicted molar refractivity (Wildman–Crippen MR) is 128 cm³/mol. The highest BCUT2D eigenvalue weighted by molar-refractivity contribution is 5.94. The van der Waals surface area contributed by atoms with Gasteiger partial charge in [0.05, 0.1) is 5.41 Å². The Morgan fingerprint density at radius 2 is 1.74 bits per heavy atom. The Morgan fingerprint density at radius 1 is 1.09 bits per heavy atom. The molecule has 1 atom stereocenters. The molecule has 0 spiro atoms. The van der Waals surface area contributed by atoms with E-state index >= 15 is 0 Å². The summed E-state index contributed by atoms with van der Waals surface area (Å²) in [5.74, 6) is -2.12. The van der Waals surface area contributed by atoms with Crippen LogP contribution < -0.4 is 4.90 Å². The van der Waals surface area contributed by atoms with Gasteiger partial charge in [-0.25, -0.2) is 9.74 Å². The number of anilines is 1.